The second-order valence-corrected chi connectivity index (χ2v) is 9.20. The number of phenolic OH excluding ortho intramolecular Hbond substituents is 1. The van der Waals surface area contributed by atoms with Crippen molar-refractivity contribution >= 4 is 15.7 Å². The molecule has 0 aliphatic rings. The number of hydrogen-bond acceptors (Lipinski definition) is 7. The second-order valence-electron chi connectivity index (χ2n) is 7.45. The van der Waals surface area contributed by atoms with E-state index in [0.29, 0.717) is 17.9 Å². The number of benzene rings is 2. The number of phenols is 1. The molecular weight excluding hydrogens is 430 g/mol. The lowest BCUT2D eigenvalue weighted by Gasteiger charge is -2.22. The van der Waals surface area contributed by atoms with Gasteiger partial charge in [-0.25, -0.2) is 13.4 Å². The first-order chi connectivity index (χ1) is 15.2. The van der Waals surface area contributed by atoms with E-state index in [1.807, 2.05) is 36.4 Å². The number of aliphatic hydroxyl groups is 1. The summed E-state index contributed by atoms with van der Waals surface area (Å²) in [5, 5.41) is 24.0. The zero-order valence-electron chi connectivity index (χ0n) is 17.9. The van der Waals surface area contributed by atoms with Crippen molar-refractivity contribution in [1.29, 1.82) is 0 Å². The third kappa shape index (κ3) is 6.68. The zero-order valence-corrected chi connectivity index (χ0v) is 18.7. The Morgan fingerprint density at radius 3 is 2.41 bits per heavy atom. The first-order valence-electron chi connectivity index (χ1n) is 10.0. The fourth-order valence-corrected chi connectivity index (χ4v) is 3.85. The van der Waals surface area contributed by atoms with Gasteiger partial charge >= 0.3 is 0 Å². The summed E-state index contributed by atoms with van der Waals surface area (Å²) in [5.41, 5.74) is 2.54. The predicted octanol–water partition coefficient (Wildman–Crippen LogP) is 2.77. The third-order valence-electron chi connectivity index (χ3n) is 4.91. The number of aromatic hydroxyl groups is 1. The van der Waals surface area contributed by atoms with E-state index < -0.39 is 16.1 Å². The van der Waals surface area contributed by atoms with Gasteiger partial charge in [-0.2, -0.15) is 0 Å². The van der Waals surface area contributed by atoms with Gasteiger partial charge in [0.2, 0.25) is 15.9 Å². The highest BCUT2D eigenvalue weighted by Gasteiger charge is 2.17. The summed E-state index contributed by atoms with van der Waals surface area (Å²) >= 11 is 0. The number of anilines is 1. The van der Waals surface area contributed by atoms with Crippen LogP contribution in [-0.2, 0) is 16.4 Å². The summed E-state index contributed by atoms with van der Waals surface area (Å²) in [6.45, 7) is 0.201. The number of rotatable bonds is 10. The van der Waals surface area contributed by atoms with Crippen LogP contribution in [0, 0.1) is 0 Å². The lowest BCUT2D eigenvalue weighted by Crippen LogP contribution is -2.28. The third-order valence-corrected chi connectivity index (χ3v) is 5.50. The number of pyridine rings is 1. The van der Waals surface area contributed by atoms with Crippen LogP contribution in [0.3, 0.4) is 0 Å². The van der Waals surface area contributed by atoms with E-state index in [9.17, 15) is 18.6 Å². The second kappa shape index (κ2) is 10.4. The molecule has 9 heteroatoms. The predicted molar refractivity (Wildman–Crippen MR) is 123 cm³/mol. The molecule has 0 fully saturated rings. The molecule has 1 heterocycles. The fourth-order valence-electron chi connectivity index (χ4n) is 3.29. The van der Waals surface area contributed by atoms with Crippen LogP contribution in [0.4, 0.5) is 5.69 Å². The molecule has 0 unspecified atom stereocenters. The average molecular weight is 458 g/mol. The van der Waals surface area contributed by atoms with Gasteiger partial charge in [-0.05, 0) is 35.2 Å². The summed E-state index contributed by atoms with van der Waals surface area (Å²) < 4.78 is 30.4. The van der Waals surface area contributed by atoms with Gasteiger partial charge in [0, 0.05) is 24.8 Å². The Hall–Kier alpha value is -3.14. The molecule has 0 saturated carbocycles. The summed E-state index contributed by atoms with van der Waals surface area (Å²) in [7, 11) is -2.01. The molecule has 170 valence electrons. The lowest BCUT2D eigenvalue weighted by molar-refractivity contribution is 0.169. The normalized spacial score (nSPS) is 13.3. The van der Waals surface area contributed by atoms with Crippen molar-refractivity contribution in [2.45, 2.75) is 18.6 Å². The minimum atomic E-state index is -3.57. The Bertz CT molecular complexity index is 1120. The van der Waals surface area contributed by atoms with Crippen LogP contribution in [0.2, 0.25) is 0 Å². The fraction of sp³-hybridized carbons (Fsp3) is 0.261. The lowest BCUT2D eigenvalue weighted by atomic mass is 9.99. The molecule has 32 heavy (non-hydrogen) atoms. The molecule has 2 atom stereocenters. The highest BCUT2D eigenvalue weighted by Crippen LogP contribution is 2.28. The topological polar surface area (TPSA) is 121 Å². The molecule has 0 bridgehead atoms. The molecule has 0 radical (unpaired) electrons. The Balaban J connectivity index is 1.76. The SMILES string of the molecule is COc1ccc([C@@H](Cc2ccccc2)NC[C@H](O)c2ccc(O)c(NS(C)(=O)=O)c2)cn1. The number of aliphatic hydroxyl groups excluding tert-OH is 1. The molecule has 0 aliphatic carbocycles. The van der Waals surface area contributed by atoms with Gasteiger partial charge in [-0.3, -0.25) is 4.72 Å². The summed E-state index contributed by atoms with van der Waals surface area (Å²) in [5.74, 6) is 0.299. The van der Waals surface area contributed by atoms with E-state index in [0.717, 1.165) is 17.4 Å². The molecule has 0 saturated heterocycles. The summed E-state index contributed by atoms with van der Waals surface area (Å²) in [6, 6.07) is 17.9. The molecule has 2 aromatic carbocycles. The van der Waals surface area contributed by atoms with Crippen LogP contribution in [0.15, 0.2) is 66.9 Å². The molecular formula is C23H27N3O5S. The van der Waals surface area contributed by atoms with Gasteiger partial charge in [-0.1, -0.05) is 42.5 Å². The van der Waals surface area contributed by atoms with Crippen molar-refractivity contribution in [2.75, 3.05) is 24.6 Å². The zero-order chi connectivity index (χ0) is 23.1. The average Bonchev–Trinajstić information content (AvgIpc) is 2.77. The van der Waals surface area contributed by atoms with Gasteiger partial charge in [0.1, 0.15) is 5.75 Å². The van der Waals surface area contributed by atoms with E-state index in [2.05, 4.69) is 15.0 Å². The molecule has 3 rings (SSSR count). The van der Waals surface area contributed by atoms with Gasteiger partial charge in [0.15, 0.2) is 0 Å². The van der Waals surface area contributed by atoms with Crippen LogP contribution < -0.4 is 14.8 Å². The first kappa shape index (κ1) is 23.5. The maximum absolute atomic E-state index is 11.5. The van der Waals surface area contributed by atoms with Crippen LogP contribution in [0.5, 0.6) is 11.6 Å². The molecule has 0 spiro atoms. The van der Waals surface area contributed by atoms with Gasteiger partial charge < -0.3 is 20.3 Å². The van der Waals surface area contributed by atoms with Crippen LogP contribution in [0.1, 0.15) is 28.8 Å². The number of methoxy groups -OCH3 is 1. The monoisotopic (exact) mass is 457 g/mol. The molecule has 4 N–H and O–H groups in total. The van der Waals surface area contributed by atoms with Crippen molar-refractivity contribution in [3.63, 3.8) is 0 Å². The first-order valence-corrected chi connectivity index (χ1v) is 11.9. The van der Waals surface area contributed by atoms with E-state index in [-0.39, 0.29) is 24.0 Å². The van der Waals surface area contributed by atoms with Gasteiger partial charge in [0.25, 0.3) is 0 Å². The highest BCUT2D eigenvalue weighted by atomic mass is 32.2. The van der Waals surface area contributed by atoms with Crippen molar-refractivity contribution in [3.8, 4) is 11.6 Å². The molecule has 0 aliphatic heterocycles. The highest BCUT2D eigenvalue weighted by molar-refractivity contribution is 7.92. The van der Waals surface area contributed by atoms with E-state index in [4.69, 9.17) is 4.74 Å². The molecule has 8 nitrogen and oxygen atoms in total. The van der Waals surface area contributed by atoms with Crippen LogP contribution in [0.25, 0.3) is 0 Å². The maximum Gasteiger partial charge on any atom is 0.229 e. The van der Waals surface area contributed by atoms with E-state index in [1.165, 1.54) is 12.1 Å². The van der Waals surface area contributed by atoms with Crippen molar-refractivity contribution in [1.82, 2.24) is 10.3 Å². The summed E-state index contributed by atoms with van der Waals surface area (Å²) in [6.07, 6.45) is 2.48. The largest absolute Gasteiger partial charge is 0.506 e. The number of ether oxygens (including phenoxy) is 1. The molecule has 3 aromatic rings. The minimum absolute atomic E-state index is 0.0178. The Morgan fingerprint density at radius 1 is 1.06 bits per heavy atom. The van der Waals surface area contributed by atoms with Crippen molar-refractivity contribution < 1.29 is 23.4 Å². The molecule has 1 aromatic heterocycles. The Morgan fingerprint density at radius 2 is 1.78 bits per heavy atom. The minimum Gasteiger partial charge on any atom is -0.506 e. The molecule has 0 amide bonds. The van der Waals surface area contributed by atoms with Crippen LogP contribution >= 0.6 is 0 Å². The van der Waals surface area contributed by atoms with Crippen molar-refractivity contribution in [3.05, 3.63) is 83.6 Å². The quantitative estimate of drug-likeness (QED) is 0.346. The number of aromatic nitrogens is 1. The smallest absolute Gasteiger partial charge is 0.229 e. The maximum atomic E-state index is 11.5. The Labute approximate surface area is 188 Å². The number of nitrogens with one attached hydrogen (secondary N) is 2. The number of nitrogens with zero attached hydrogens (tertiary/aromatic N) is 1. The van der Waals surface area contributed by atoms with Crippen LogP contribution in [-0.4, -0.2) is 43.5 Å². The number of sulfonamides is 1. The summed E-state index contributed by atoms with van der Waals surface area (Å²) in [4.78, 5) is 4.28. The van der Waals surface area contributed by atoms with Gasteiger partial charge in [0.05, 0.1) is 25.2 Å². The Kier molecular flexibility index (Phi) is 7.68. The van der Waals surface area contributed by atoms with Gasteiger partial charge in [-0.15, -0.1) is 0 Å². The number of hydrogen-bond donors (Lipinski definition) is 4. The standard InChI is InChI=1S/C23H27N3O5S/c1-31-23-11-9-18(14-25-23)19(12-16-6-4-3-5-7-16)24-15-22(28)17-8-10-21(27)20(13-17)26-32(2,29)30/h3-11,13-14,19,22,24,26-28H,12,15H2,1-2H3/t19-,22+/m1/s1. The van der Waals surface area contributed by atoms with Crippen molar-refractivity contribution in [2.24, 2.45) is 0 Å². The van der Waals surface area contributed by atoms with E-state index >= 15 is 0 Å². The van der Waals surface area contributed by atoms with E-state index in [1.54, 1.807) is 25.4 Å².